The molecular formula is C19H16. The Kier molecular flexibility index (Phi) is 3.16. The zero-order valence-electron chi connectivity index (χ0n) is 11.0. The van der Waals surface area contributed by atoms with E-state index in [0.29, 0.717) is 0 Å². The number of hydrogen-bond donors (Lipinski definition) is 0. The molecule has 3 aromatic rings. The van der Waals surface area contributed by atoms with Gasteiger partial charge in [-0.25, -0.2) is 0 Å². The van der Waals surface area contributed by atoms with Crippen LogP contribution in [0, 0.1) is 6.92 Å². The van der Waals surface area contributed by atoms with Gasteiger partial charge in [0, 0.05) is 0 Å². The number of hydrogen-bond acceptors (Lipinski definition) is 0. The molecule has 0 aromatic heterocycles. The first-order valence-corrected chi connectivity index (χ1v) is 6.55. The van der Waals surface area contributed by atoms with E-state index in [2.05, 4.69) is 79.7 Å². The van der Waals surface area contributed by atoms with Gasteiger partial charge in [0.15, 0.2) is 0 Å². The number of rotatable bonds is 2. The van der Waals surface area contributed by atoms with Gasteiger partial charge in [-0.3, -0.25) is 0 Å². The zero-order valence-corrected chi connectivity index (χ0v) is 11.0. The average Bonchev–Trinajstić information content (AvgIpc) is 2.46. The maximum atomic E-state index is 2.23. The van der Waals surface area contributed by atoms with Crippen LogP contribution in [0.4, 0.5) is 0 Å². The van der Waals surface area contributed by atoms with E-state index in [1.807, 2.05) is 6.07 Å². The summed E-state index contributed by atoms with van der Waals surface area (Å²) in [7, 11) is 0. The quantitative estimate of drug-likeness (QED) is 0.535. The van der Waals surface area contributed by atoms with Gasteiger partial charge in [0.2, 0.25) is 0 Å². The van der Waals surface area contributed by atoms with Crippen molar-refractivity contribution < 1.29 is 0 Å². The molecule has 0 heterocycles. The molecule has 0 heteroatoms. The van der Waals surface area contributed by atoms with Crippen molar-refractivity contribution in [3.8, 4) is 0 Å². The molecule has 0 fully saturated rings. The summed E-state index contributed by atoms with van der Waals surface area (Å²) in [4.78, 5) is 0. The van der Waals surface area contributed by atoms with Gasteiger partial charge >= 0.3 is 0 Å². The normalized spacial score (nSPS) is 11.2. The third-order valence-electron chi connectivity index (χ3n) is 3.29. The second-order valence-corrected chi connectivity index (χ2v) is 4.85. The van der Waals surface area contributed by atoms with Crippen molar-refractivity contribution >= 4 is 22.9 Å². The largest absolute Gasteiger partial charge is 0.0622 e. The van der Waals surface area contributed by atoms with Crippen LogP contribution in [0.2, 0.25) is 0 Å². The summed E-state index contributed by atoms with van der Waals surface area (Å²) in [5.41, 5.74) is 3.77. The molecular weight excluding hydrogens is 228 g/mol. The first kappa shape index (κ1) is 11.7. The molecule has 0 atom stereocenters. The SMILES string of the molecule is Cc1ccc2cc(C=Cc3ccccc3)ccc2c1. The topological polar surface area (TPSA) is 0 Å². The maximum absolute atomic E-state index is 2.23. The summed E-state index contributed by atoms with van der Waals surface area (Å²) in [6, 6.07) is 23.5. The maximum Gasteiger partial charge on any atom is -0.0178 e. The van der Waals surface area contributed by atoms with Gasteiger partial charge in [-0.1, -0.05) is 78.4 Å². The van der Waals surface area contributed by atoms with Crippen molar-refractivity contribution in [3.05, 3.63) is 83.4 Å². The van der Waals surface area contributed by atoms with Gasteiger partial charge in [-0.05, 0) is 34.9 Å². The predicted octanol–water partition coefficient (Wildman–Crippen LogP) is 5.32. The highest BCUT2D eigenvalue weighted by Gasteiger charge is 1.95. The highest BCUT2D eigenvalue weighted by atomic mass is 14.0. The average molecular weight is 244 g/mol. The lowest BCUT2D eigenvalue weighted by molar-refractivity contribution is 1.50. The summed E-state index contributed by atoms with van der Waals surface area (Å²) < 4.78 is 0. The van der Waals surface area contributed by atoms with Gasteiger partial charge < -0.3 is 0 Å². The van der Waals surface area contributed by atoms with Crippen LogP contribution in [-0.4, -0.2) is 0 Å². The van der Waals surface area contributed by atoms with Gasteiger partial charge in [-0.2, -0.15) is 0 Å². The number of benzene rings is 3. The lowest BCUT2D eigenvalue weighted by Crippen LogP contribution is -1.78. The van der Waals surface area contributed by atoms with Crippen LogP contribution in [0.3, 0.4) is 0 Å². The Hall–Kier alpha value is -2.34. The molecule has 0 aliphatic heterocycles. The third-order valence-corrected chi connectivity index (χ3v) is 3.29. The standard InChI is InChI=1S/C19H16/c1-15-7-11-19-14-17(10-12-18(19)13-15)9-8-16-5-3-2-4-6-16/h2-14H,1H3. The lowest BCUT2D eigenvalue weighted by Gasteiger charge is -2.01. The highest BCUT2D eigenvalue weighted by Crippen LogP contribution is 2.19. The number of aryl methyl sites for hydroxylation is 1. The molecule has 0 N–H and O–H groups in total. The minimum Gasteiger partial charge on any atom is -0.0622 e. The second-order valence-electron chi connectivity index (χ2n) is 4.85. The van der Waals surface area contributed by atoms with Crippen LogP contribution in [0.5, 0.6) is 0 Å². The molecule has 0 amide bonds. The molecule has 0 aliphatic carbocycles. The Morgan fingerprint density at radius 2 is 1.32 bits per heavy atom. The van der Waals surface area contributed by atoms with Crippen molar-refractivity contribution in [2.24, 2.45) is 0 Å². The molecule has 0 aliphatic rings. The third kappa shape index (κ3) is 2.74. The molecule has 92 valence electrons. The van der Waals surface area contributed by atoms with Crippen LogP contribution in [0.15, 0.2) is 66.7 Å². The van der Waals surface area contributed by atoms with E-state index in [9.17, 15) is 0 Å². The van der Waals surface area contributed by atoms with E-state index in [1.165, 1.54) is 27.5 Å². The molecule has 0 bridgehead atoms. The van der Waals surface area contributed by atoms with E-state index >= 15 is 0 Å². The summed E-state index contributed by atoms with van der Waals surface area (Å²) in [5, 5.41) is 2.60. The molecule has 0 radical (unpaired) electrons. The molecule has 3 aromatic carbocycles. The van der Waals surface area contributed by atoms with Crippen molar-refractivity contribution in [2.75, 3.05) is 0 Å². The van der Waals surface area contributed by atoms with Gasteiger partial charge in [0.25, 0.3) is 0 Å². The molecule has 0 nitrogen and oxygen atoms in total. The Balaban J connectivity index is 1.94. The van der Waals surface area contributed by atoms with Crippen LogP contribution >= 0.6 is 0 Å². The van der Waals surface area contributed by atoms with E-state index < -0.39 is 0 Å². The van der Waals surface area contributed by atoms with Crippen molar-refractivity contribution in [3.63, 3.8) is 0 Å². The minimum atomic E-state index is 1.23. The molecule has 0 saturated carbocycles. The molecule has 19 heavy (non-hydrogen) atoms. The molecule has 0 unspecified atom stereocenters. The Morgan fingerprint density at radius 3 is 2.16 bits per heavy atom. The number of fused-ring (bicyclic) bond motifs is 1. The molecule has 0 spiro atoms. The minimum absolute atomic E-state index is 1.23. The Labute approximate surface area is 114 Å². The van der Waals surface area contributed by atoms with Crippen LogP contribution in [0.1, 0.15) is 16.7 Å². The zero-order chi connectivity index (χ0) is 13.1. The van der Waals surface area contributed by atoms with Gasteiger partial charge in [-0.15, -0.1) is 0 Å². The highest BCUT2D eigenvalue weighted by molar-refractivity contribution is 5.86. The van der Waals surface area contributed by atoms with E-state index in [4.69, 9.17) is 0 Å². The summed E-state index contributed by atoms with van der Waals surface area (Å²) in [6.45, 7) is 2.13. The summed E-state index contributed by atoms with van der Waals surface area (Å²) in [6.07, 6.45) is 4.31. The van der Waals surface area contributed by atoms with Gasteiger partial charge in [0.1, 0.15) is 0 Å². The first-order valence-electron chi connectivity index (χ1n) is 6.55. The smallest absolute Gasteiger partial charge is 0.0178 e. The van der Waals surface area contributed by atoms with E-state index in [0.717, 1.165) is 0 Å². The van der Waals surface area contributed by atoms with E-state index in [-0.39, 0.29) is 0 Å². The fourth-order valence-electron chi connectivity index (χ4n) is 2.24. The lowest BCUT2D eigenvalue weighted by atomic mass is 10.0. The second kappa shape index (κ2) is 5.11. The van der Waals surface area contributed by atoms with E-state index in [1.54, 1.807) is 0 Å². The van der Waals surface area contributed by atoms with Crippen molar-refractivity contribution in [2.45, 2.75) is 6.92 Å². The Morgan fingerprint density at radius 1 is 0.632 bits per heavy atom. The molecule has 3 rings (SSSR count). The van der Waals surface area contributed by atoms with Gasteiger partial charge in [0.05, 0.1) is 0 Å². The summed E-state index contributed by atoms with van der Waals surface area (Å²) in [5.74, 6) is 0. The fraction of sp³-hybridized carbons (Fsp3) is 0.0526. The van der Waals surface area contributed by atoms with Crippen molar-refractivity contribution in [1.29, 1.82) is 0 Å². The fourth-order valence-corrected chi connectivity index (χ4v) is 2.24. The Bertz CT molecular complexity index is 721. The summed E-state index contributed by atoms with van der Waals surface area (Å²) >= 11 is 0. The van der Waals surface area contributed by atoms with Crippen LogP contribution in [-0.2, 0) is 0 Å². The monoisotopic (exact) mass is 244 g/mol. The van der Waals surface area contributed by atoms with Crippen LogP contribution < -0.4 is 0 Å². The van der Waals surface area contributed by atoms with Crippen LogP contribution in [0.25, 0.3) is 22.9 Å². The predicted molar refractivity (Wildman–Crippen MR) is 84.1 cm³/mol. The molecule has 0 saturated heterocycles. The van der Waals surface area contributed by atoms with Crippen molar-refractivity contribution in [1.82, 2.24) is 0 Å². The first-order chi connectivity index (χ1) is 9.31.